The number of methoxy groups -OCH3 is 2. The van der Waals surface area contributed by atoms with E-state index in [0.29, 0.717) is 5.82 Å². The van der Waals surface area contributed by atoms with Gasteiger partial charge in [0.2, 0.25) is 0 Å². The first kappa shape index (κ1) is 12.0. The summed E-state index contributed by atoms with van der Waals surface area (Å²) in [6, 6.07) is 0. The van der Waals surface area contributed by atoms with Gasteiger partial charge in [-0.1, -0.05) is 0 Å². The van der Waals surface area contributed by atoms with E-state index >= 15 is 0 Å². The Bertz CT molecular complexity index is 363. The number of nitrogen functional groups attached to an aromatic ring is 1. The maximum Gasteiger partial charge on any atom is 0.160 e. The Balaban J connectivity index is 2.13. The highest BCUT2D eigenvalue weighted by Crippen LogP contribution is 2.21. The lowest BCUT2D eigenvalue weighted by atomic mass is 10.3. The van der Waals surface area contributed by atoms with Crippen LogP contribution in [0.3, 0.4) is 0 Å². The fourth-order valence-electron chi connectivity index (χ4n) is 1.96. The van der Waals surface area contributed by atoms with Gasteiger partial charge in [-0.05, 0) is 0 Å². The molecule has 0 amide bonds. The van der Waals surface area contributed by atoms with Gasteiger partial charge < -0.3 is 19.8 Å². The average molecular weight is 239 g/mol. The lowest BCUT2D eigenvalue weighted by Gasteiger charge is -2.16. The molecule has 1 aromatic rings. The molecule has 1 aromatic heterocycles. The van der Waals surface area contributed by atoms with E-state index in [1.165, 1.54) is 0 Å². The Morgan fingerprint density at radius 1 is 1.29 bits per heavy atom. The third kappa shape index (κ3) is 2.46. The summed E-state index contributed by atoms with van der Waals surface area (Å²) in [7, 11) is 3.37. The van der Waals surface area contributed by atoms with Gasteiger partial charge in [0, 0.05) is 27.3 Å². The van der Waals surface area contributed by atoms with Gasteiger partial charge in [-0.15, -0.1) is 0 Å². The summed E-state index contributed by atoms with van der Waals surface area (Å²) in [4.78, 5) is 10.5. The van der Waals surface area contributed by atoms with Crippen molar-refractivity contribution in [3.8, 4) is 0 Å². The normalized spacial score (nSPS) is 24.1. The van der Waals surface area contributed by atoms with Crippen molar-refractivity contribution in [2.24, 2.45) is 5.84 Å². The van der Waals surface area contributed by atoms with Gasteiger partial charge in [-0.25, -0.2) is 10.8 Å². The number of rotatable bonds is 4. The second-order valence-electron chi connectivity index (χ2n) is 3.86. The highest BCUT2D eigenvalue weighted by Gasteiger charge is 2.33. The van der Waals surface area contributed by atoms with Gasteiger partial charge in [-0.2, -0.15) is 0 Å². The third-order valence-corrected chi connectivity index (χ3v) is 2.91. The fraction of sp³-hybridized carbons (Fsp3) is 0.600. The summed E-state index contributed by atoms with van der Waals surface area (Å²) in [5.41, 5.74) is 2.48. The summed E-state index contributed by atoms with van der Waals surface area (Å²) in [6.07, 6.45) is 3.37. The van der Waals surface area contributed by atoms with E-state index in [2.05, 4.69) is 20.3 Å². The monoisotopic (exact) mass is 239 g/mol. The van der Waals surface area contributed by atoms with Crippen molar-refractivity contribution < 1.29 is 9.47 Å². The molecule has 0 saturated carbocycles. The van der Waals surface area contributed by atoms with Gasteiger partial charge in [0.25, 0.3) is 0 Å². The van der Waals surface area contributed by atoms with Crippen LogP contribution in [0.1, 0.15) is 0 Å². The number of hydrogen-bond donors (Lipinski definition) is 2. The molecule has 2 heterocycles. The fourth-order valence-corrected chi connectivity index (χ4v) is 1.96. The van der Waals surface area contributed by atoms with Crippen molar-refractivity contribution in [2.75, 3.05) is 37.6 Å². The van der Waals surface area contributed by atoms with E-state index in [0.717, 1.165) is 18.9 Å². The number of hydrogen-bond acceptors (Lipinski definition) is 7. The van der Waals surface area contributed by atoms with Crippen LogP contribution < -0.4 is 16.2 Å². The van der Waals surface area contributed by atoms with Crippen LogP contribution in [0.2, 0.25) is 0 Å². The molecule has 7 nitrogen and oxygen atoms in total. The molecule has 2 rings (SSSR count). The Labute approximate surface area is 99.9 Å². The molecule has 0 spiro atoms. The topological polar surface area (TPSA) is 85.5 Å². The minimum absolute atomic E-state index is 0.0521. The van der Waals surface area contributed by atoms with E-state index in [-0.39, 0.29) is 12.2 Å². The molecule has 2 atom stereocenters. The van der Waals surface area contributed by atoms with Crippen LogP contribution >= 0.6 is 0 Å². The molecular weight excluding hydrogens is 222 g/mol. The first-order valence-corrected chi connectivity index (χ1v) is 5.37. The maximum absolute atomic E-state index is 5.37. The number of nitrogens with one attached hydrogen (secondary N) is 1. The zero-order valence-electron chi connectivity index (χ0n) is 9.96. The molecule has 94 valence electrons. The minimum atomic E-state index is 0.0521. The summed E-state index contributed by atoms with van der Waals surface area (Å²) >= 11 is 0. The van der Waals surface area contributed by atoms with Crippen LogP contribution in [-0.2, 0) is 9.47 Å². The average Bonchev–Trinajstić information content (AvgIpc) is 2.82. The predicted octanol–water partition coefficient (Wildman–Crippen LogP) is -0.388. The molecule has 17 heavy (non-hydrogen) atoms. The molecule has 0 bridgehead atoms. The zero-order chi connectivity index (χ0) is 12.3. The van der Waals surface area contributed by atoms with Crippen molar-refractivity contribution in [3.05, 3.63) is 12.4 Å². The number of nitrogens with two attached hydrogens (primary N) is 1. The molecule has 1 aliphatic heterocycles. The van der Waals surface area contributed by atoms with Crippen molar-refractivity contribution in [2.45, 2.75) is 12.2 Å². The largest absolute Gasteiger partial charge is 0.377 e. The van der Waals surface area contributed by atoms with E-state index in [1.54, 1.807) is 26.6 Å². The number of anilines is 2. The SMILES string of the molecule is COC1CN(c2cncc(NN)n2)CC1OC. The Morgan fingerprint density at radius 2 is 1.94 bits per heavy atom. The predicted molar refractivity (Wildman–Crippen MR) is 63.6 cm³/mol. The van der Waals surface area contributed by atoms with Gasteiger partial charge >= 0.3 is 0 Å². The molecule has 0 aliphatic carbocycles. The molecule has 1 saturated heterocycles. The highest BCUT2D eigenvalue weighted by molar-refractivity contribution is 5.44. The standard InChI is InChI=1S/C10H17N5O2/c1-16-7-5-15(6-8(7)17-2)10-4-12-3-9(13-10)14-11/h3-4,7-8H,5-6,11H2,1-2H3,(H,13,14). The molecular formula is C10H17N5O2. The van der Waals surface area contributed by atoms with Crippen molar-refractivity contribution in [3.63, 3.8) is 0 Å². The van der Waals surface area contributed by atoms with Crippen molar-refractivity contribution >= 4 is 11.6 Å². The summed E-state index contributed by atoms with van der Waals surface area (Å²) in [5, 5.41) is 0. The molecule has 1 aliphatic rings. The zero-order valence-corrected chi connectivity index (χ0v) is 9.96. The molecule has 0 radical (unpaired) electrons. The molecule has 7 heteroatoms. The van der Waals surface area contributed by atoms with E-state index in [1.807, 2.05) is 0 Å². The molecule has 2 unspecified atom stereocenters. The molecule has 1 fully saturated rings. The van der Waals surface area contributed by atoms with Crippen LogP contribution in [0, 0.1) is 0 Å². The van der Waals surface area contributed by atoms with Crippen LogP contribution in [0.5, 0.6) is 0 Å². The first-order chi connectivity index (χ1) is 8.28. The third-order valence-electron chi connectivity index (χ3n) is 2.91. The van der Waals surface area contributed by atoms with Gasteiger partial charge in [-0.3, -0.25) is 4.98 Å². The number of hydrazine groups is 1. The van der Waals surface area contributed by atoms with Crippen molar-refractivity contribution in [1.82, 2.24) is 9.97 Å². The Kier molecular flexibility index (Phi) is 3.72. The second-order valence-corrected chi connectivity index (χ2v) is 3.86. The first-order valence-electron chi connectivity index (χ1n) is 5.37. The summed E-state index contributed by atoms with van der Waals surface area (Å²) in [5.74, 6) is 6.61. The van der Waals surface area contributed by atoms with E-state index in [9.17, 15) is 0 Å². The quantitative estimate of drug-likeness (QED) is 0.546. The van der Waals surface area contributed by atoms with E-state index < -0.39 is 0 Å². The Morgan fingerprint density at radius 3 is 2.47 bits per heavy atom. The lowest BCUT2D eigenvalue weighted by molar-refractivity contribution is -0.00461. The molecule has 3 N–H and O–H groups in total. The minimum Gasteiger partial charge on any atom is -0.377 e. The highest BCUT2D eigenvalue weighted by atomic mass is 16.5. The van der Waals surface area contributed by atoms with Gasteiger partial charge in [0.15, 0.2) is 5.82 Å². The smallest absolute Gasteiger partial charge is 0.160 e. The van der Waals surface area contributed by atoms with Crippen LogP contribution in [-0.4, -0.2) is 49.5 Å². The Hall–Kier alpha value is -1.44. The van der Waals surface area contributed by atoms with Crippen LogP contribution in [0.4, 0.5) is 11.6 Å². The number of nitrogens with zero attached hydrogens (tertiary/aromatic N) is 3. The van der Waals surface area contributed by atoms with Crippen LogP contribution in [0.15, 0.2) is 12.4 Å². The van der Waals surface area contributed by atoms with Crippen LogP contribution in [0.25, 0.3) is 0 Å². The lowest BCUT2D eigenvalue weighted by Crippen LogP contribution is -2.27. The maximum atomic E-state index is 5.37. The number of aromatic nitrogens is 2. The summed E-state index contributed by atoms with van der Waals surface area (Å²) in [6.45, 7) is 1.47. The summed E-state index contributed by atoms with van der Waals surface area (Å²) < 4.78 is 10.7. The second kappa shape index (κ2) is 5.26. The number of ether oxygens (including phenoxy) is 2. The van der Waals surface area contributed by atoms with E-state index in [4.69, 9.17) is 15.3 Å². The van der Waals surface area contributed by atoms with Gasteiger partial charge in [0.05, 0.1) is 12.4 Å². The molecule has 0 aromatic carbocycles. The van der Waals surface area contributed by atoms with Gasteiger partial charge in [0.1, 0.15) is 18.0 Å². The van der Waals surface area contributed by atoms with Crippen molar-refractivity contribution in [1.29, 1.82) is 0 Å².